The van der Waals surface area contributed by atoms with Crippen molar-refractivity contribution in [2.75, 3.05) is 6.61 Å². The van der Waals surface area contributed by atoms with Gasteiger partial charge in [-0.05, 0) is 0 Å². The first kappa shape index (κ1) is 12.3. The Morgan fingerprint density at radius 2 is 2.24 bits per heavy atom. The fraction of sp³-hybridized carbons (Fsp3) is 0.625. The predicted octanol–water partition coefficient (Wildman–Crippen LogP) is -2.09. The zero-order valence-electron chi connectivity index (χ0n) is 8.55. The highest BCUT2D eigenvalue weighted by molar-refractivity contribution is 7.71. The lowest BCUT2D eigenvalue weighted by Crippen LogP contribution is -2.37. The summed E-state index contributed by atoms with van der Waals surface area (Å²) in [6.07, 6.45) is -3.51. The van der Waals surface area contributed by atoms with Crippen molar-refractivity contribution in [3.63, 3.8) is 0 Å². The summed E-state index contributed by atoms with van der Waals surface area (Å²) >= 11 is 4.71. The number of rotatable bonds is 2. The molecule has 8 nitrogen and oxygen atoms in total. The van der Waals surface area contributed by atoms with Gasteiger partial charge in [0.15, 0.2) is 6.23 Å². The van der Waals surface area contributed by atoms with Crippen LogP contribution >= 0.6 is 12.2 Å². The summed E-state index contributed by atoms with van der Waals surface area (Å²) in [6, 6.07) is 0. The Balaban J connectivity index is 2.35. The highest BCUT2D eigenvalue weighted by atomic mass is 32.1. The number of aromatic amines is 1. The van der Waals surface area contributed by atoms with Crippen LogP contribution in [0.25, 0.3) is 0 Å². The van der Waals surface area contributed by atoms with Crippen molar-refractivity contribution in [3.8, 4) is 0 Å². The molecule has 0 bridgehead atoms. The molecule has 0 amide bonds. The maximum Gasteiger partial charge on any atom is 0.345 e. The van der Waals surface area contributed by atoms with Crippen molar-refractivity contribution in [2.24, 2.45) is 0 Å². The average molecular weight is 261 g/mol. The number of nitrogens with zero attached hydrogens (tertiary/aromatic N) is 2. The van der Waals surface area contributed by atoms with Crippen LogP contribution < -0.4 is 5.69 Å². The molecule has 1 aliphatic heterocycles. The Bertz CT molecular complexity index is 514. The predicted molar refractivity (Wildman–Crippen MR) is 56.7 cm³/mol. The fourth-order valence-electron chi connectivity index (χ4n) is 1.63. The van der Waals surface area contributed by atoms with Crippen LogP contribution in [0.1, 0.15) is 6.23 Å². The maximum absolute atomic E-state index is 11.5. The van der Waals surface area contributed by atoms with E-state index in [0.717, 1.165) is 4.68 Å². The third-order valence-corrected chi connectivity index (χ3v) is 2.70. The van der Waals surface area contributed by atoms with Gasteiger partial charge in [0.05, 0.1) is 12.8 Å². The third-order valence-electron chi connectivity index (χ3n) is 2.50. The van der Waals surface area contributed by atoms with Gasteiger partial charge >= 0.3 is 5.69 Å². The molecule has 1 saturated heterocycles. The largest absolute Gasteiger partial charge is 0.394 e. The lowest BCUT2D eigenvalue weighted by atomic mass is 10.1. The summed E-state index contributed by atoms with van der Waals surface area (Å²) in [5.74, 6) is 0. The van der Waals surface area contributed by atoms with Gasteiger partial charge in [0.25, 0.3) is 0 Å². The molecule has 9 heteroatoms. The van der Waals surface area contributed by atoms with E-state index in [2.05, 4.69) is 10.1 Å². The molecule has 1 aliphatic rings. The highest BCUT2D eigenvalue weighted by Gasteiger charge is 2.44. The Morgan fingerprint density at radius 1 is 1.53 bits per heavy atom. The molecule has 0 aliphatic carbocycles. The first-order valence-electron chi connectivity index (χ1n) is 4.85. The first-order valence-corrected chi connectivity index (χ1v) is 5.26. The number of H-pyrrole nitrogens is 1. The zero-order chi connectivity index (χ0) is 12.6. The fourth-order valence-corrected chi connectivity index (χ4v) is 1.76. The van der Waals surface area contributed by atoms with Crippen molar-refractivity contribution in [3.05, 3.63) is 21.3 Å². The minimum absolute atomic E-state index is 0.151. The van der Waals surface area contributed by atoms with E-state index >= 15 is 0 Å². The quantitative estimate of drug-likeness (QED) is 0.450. The lowest BCUT2D eigenvalue weighted by molar-refractivity contribution is -0.0617. The van der Waals surface area contributed by atoms with Crippen molar-refractivity contribution >= 4 is 12.2 Å². The topological polar surface area (TPSA) is 121 Å². The molecule has 2 heterocycles. The van der Waals surface area contributed by atoms with E-state index in [4.69, 9.17) is 22.1 Å². The number of hydrogen-bond acceptors (Lipinski definition) is 7. The number of ether oxygens (including phenoxy) is 1. The smallest absolute Gasteiger partial charge is 0.345 e. The molecule has 0 saturated carbocycles. The SMILES string of the molecule is O=c1[nH]c(=S)cnn1[C@@H]1O[C@H](CO)[C@@H](O)[C@H]1O. The van der Waals surface area contributed by atoms with Crippen LogP contribution in [0, 0.1) is 4.64 Å². The van der Waals surface area contributed by atoms with Crippen LogP contribution in [0.15, 0.2) is 11.0 Å². The standard InChI is InChI=1S/C8H11N3O5S/c12-2-3-5(13)6(14)7(16-3)11-8(15)10-4(17)1-9-11/h1,3,5-7,12-14H,2H2,(H,10,15,17)/t3-,5-,6-,7-/m1/s1. The molecule has 0 aromatic carbocycles. The van der Waals surface area contributed by atoms with E-state index in [0.29, 0.717) is 0 Å². The van der Waals surface area contributed by atoms with Crippen molar-refractivity contribution in [2.45, 2.75) is 24.5 Å². The normalized spacial score (nSPS) is 32.9. The number of aliphatic hydroxyl groups excluding tert-OH is 3. The van der Waals surface area contributed by atoms with Gasteiger partial charge in [-0.3, -0.25) is 4.98 Å². The van der Waals surface area contributed by atoms with Crippen LogP contribution in [-0.4, -0.2) is 55.0 Å². The van der Waals surface area contributed by atoms with Crippen LogP contribution in [-0.2, 0) is 4.74 Å². The van der Waals surface area contributed by atoms with Crippen molar-refractivity contribution in [1.82, 2.24) is 14.8 Å². The molecule has 1 fully saturated rings. The number of aromatic nitrogens is 3. The van der Waals surface area contributed by atoms with Gasteiger partial charge in [0, 0.05) is 0 Å². The second kappa shape index (κ2) is 4.63. The van der Waals surface area contributed by atoms with Gasteiger partial charge in [-0.15, -0.1) is 0 Å². The molecule has 1 aromatic heterocycles. The third kappa shape index (κ3) is 2.15. The molecule has 0 spiro atoms. The zero-order valence-corrected chi connectivity index (χ0v) is 9.37. The van der Waals surface area contributed by atoms with E-state index in [9.17, 15) is 15.0 Å². The number of hydrogen-bond donors (Lipinski definition) is 4. The number of nitrogens with one attached hydrogen (secondary N) is 1. The molecule has 17 heavy (non-hydrogen) atoms. The minimum atomic E-state index is -1.35. The van der Waals surface area contributed by atoms with E-state index in [1.54, 1.807) is 0 Å². The van der Waals surface area contributed by atoms with E-state index in [1.165, 1.54) is 6.20 Å². The summed E-state index contributed by atoms with van der Waals surface area (Å²) in [5, 5.41) is 31.8. The highest BCUT2D eigenvalue weighted by Crippen LogP contribution is 2.27. The summed E-state index contributed by atoms with van der Waals surface area (Å²) in [7, 11) is 0. The molecule has 1 aromatic rings. The molecule has 94 valence electrons. The Hall–Kier alpha value is -1.13. The van der Waals surface area contributed by atoms with Gasteiger partial charge in [-0.2, -0.15) is 9.78 Å². The van der Waals surface area contributed by atoms with E-state index in [1.807, 2.05) is 0 Å². The second-order valence-electron chi connectivity index (χ2n) is 3.61. The van der Waals surface area contributed by atoms with Crippen LogP contribution in [0.3, 0.4) is 0 Å². The lowest BCUT2D eigenvalue weighted by Gasteiger charge is -2.15. The van der Waals surface area contributed by atoms with Crippen molar-refractivity contribution in [1.29, 1.82) is 0 Å². The van der Waals surface area contributed by atoms with Crippen LogP contribution in [0.2, 0.25) is 0 Å². The molecule has 2 rings (SSSR count). The maximum atomic E-state index is 11.5. The average Bonchev–Trinajstić information content (AvgIpc) is 2.57. The minimum Gasteiger partial charge on any atom is -0.394 e. The van der Waals surface area contributed by atoms with Gasteiger partial charge in [0.1, 0.15) is 23.0 Å². The summed E-state index contributed by atoms with van der Waals surface area (Å²) in [4.78, 5) is 13.8. The molecule has 0 unspecified atom stereocenters. The molecule has 4 N–H and O–H groups in total. The van der Waals surface area contributed by atoms with Gasteiger partial charge in [-0.1, -0.05) is 12.2 Å². The summed E-state index contributed by atoms with van der Waals surface area (Å²) in [6.45, 7) is -0.466. The molecule has 0 radical (unpaired) electrons. The number of aliphatic hydroxyl groups is 3. The van der Waals surface area contributed by atoms with Gasteiger partial charge in [0.2, 0.25) is 0 Å². The monoisotopic (exact) mass is 261 g/mol. The molecular formula is C8H11N3O5S. The Morgan fingerprint density at radius 3 is 2.76 bits per heavy atom. The van der Waals surface area contributed by atoms with E-state index in [-0.39, 0.29) is 4.64 Å². The van der Waals surface area contributed by atoms with Crippen molar-refractivity contribution < 1.29 is 20.1 Å². The molecule has 4 atom stereocenters. The van der Waals surface area contributed by atoms with Crippen LogP contribution in [0.5, 0.6) is 0 Å². The summed E-state index contributed by atoms with van der Waals surface area (Å²) < 4.78 is 6.12. The van der Waals surface area contributed by atoms with Gasteiger partial charge in [-0.25, -0.2) is 4.79 Å². The Labute approximate surface area is 100 Å². The van der Waals surface area contributed by atoms with E-state index < -0.39 is 36.8 Å². The summed E-state index contributed by atoms with van der Waals surface area (Å²) in [5.41, 5.74) is -0.660. The second-order valence-corrected chi connectivity index (χ2v) is 4.05. The van der Waals surface area contributed by atoms with Crippen LogP contribution in [0.4, 0.5) is 0 Å². The van der Waals surface area contributed by atoms with Gasteiger partial charge < -0.3 is 20.1 Å². The Kier molecular flexibility index (Phi) is 3.35. The molecular weight excluding hydrogens is 250 g/mol. The first-order chi connectivity index (χ1) is 8.04.